The van der Waals surface area contributed by atoms with Gasteiger partial charge in [0, 0.05) is 37.4 Å². The minimum absolute atomic E-state index is 0. The quantitative estimate of drug-likeness (QED) is 0.815. The van der Waals surface area contributed by atoms with Crippen molar-refractivity contribution < 1.29 is 9.53 Å². The molecule has 5 nitrogen and oxygen atoms in total. The van der Waals surface area contributed by atoms with Crippen LogP contribution in [0.5, 0.6) is 0 Å². The monoisotopic (exact) mass is 349 g/mol. The number of amides is 1. The number of carbonyl (C=O) groups is 1. The predicted molar refractivity (Wildman–Crippen MR) is 94.2 cm³/mol. The van der Waals surface area contributed by atoms with Gasteiger partial charge in [-0.2, -0.15) is 0 Å². The molecule has 1 heterocycles. The number of anilines is 1. The number of nitrogens with one attached hydrogen (secondary N) is 1. The Morgan fingerprint density at radius 3 is 2.77 bits per heavy atom. The summed E-state index contributed by atoms with van der Waals surface area (Å²) < 4.78 is 5.66. The number of nitrogens with two attached hydrogens (primary N) is 1. The van der Waals surface area contributed by atoms with E-state index in [0.29, 0.717) is 17.8 Å². The van der Waals surface area contributed by atoms with Crippen molar-refractivity contribution >= 4 is 36.4 Å². The van der Waals surface area contributed by atoms with Crippen molar-refractivity contribution in [1.82, 2.24) is 10.2 Å². The second kappa shape index (κ2) is 9.20. The number of benzene rings is 1. The van der Waals surface area contributed by atoms with E-state index in [2.05, 4.69) is 24.1 Å². The van der Waals surface area contributed by atoms with Crippen LogP contribution >= 0.6 is 24.8 Å². The van der Waals surface area contributed by atoms with Crippen LogP contribution in [0.1, 0.15) is 24.2 Å². The van der Waals surface area contributed by atoms with E-state index >= 15 is 0 Å². The molecule has 0 aliphatic carbocycles. The smallest absolute Gasteiger partial charge is 0.251 e. The average molecular weight is 350 g/mol. The van der Waals surface area contributed by atoms with Crippen LogP contribution in [-0.4, -0.2) is 49.2 Å². The fourth-order valence-corrected chi connectivity index (χ4v) is 2.41. The molecule has 0 radical (unpaired) electrons. The van der Waals surface area contributed by atoms with Gasteiger partial charge in [-0.05, 0) is 32.0 Å². The Labute approximate surface area is 144 Å². The molecule has 1 aliphatic rings. The van der Waals surface area contributed by atoms with Crippen molar-refractivity contribution in [2.24, 2.45) is 0 Å². The highest BCUT2D eigenvalue weighted by molar-refractivity contribution is 5.94. The summed E-state index contributed by atoms with van der Waals surface area (Å²) in [4.78, 5) is 14.3. The highest BCUT2D eigenvalue weighted by atomic mass is 35.5. The Morgan fingerprint density at radius 1 is 1.41 bits per heavy atom. The second-order valence-electron chi connectivity index (χ2n) is 5.77. The third-order valence-electron chi connectivity index (χ3n) is 3.37. The van der Waals surface area contributed by atoms with E-state index in [1.54, 1.807) is 24.3 Å². The molecule has 0 atom stereocenters. The molecule has 0 aromatic heterocycles. The first kappa shape index (κ1) is 21.0. The van der Waals surface area contributed by atoms with Crippen LogP contribution in [0.2, 0.25) is 0 Å². The molecule has 7 heteroatoms. The van der Waals surface area contributed by atoms with Crippen LogP contribution < -0.4 is 11.1 Å². The molecule has 1 saturated heterocycles. The summed E-state index contributed by atoms with van der Waals surface area (Å²) >= 11 is 0. The maximum Gasteiger partial charge on any atom is 0.251 e. The molecule has 3 N–H and O–H groups in total. The van der Waals surface area contributed by atoms with Gasteiger partial charge in [0.15, 0.2) is 0 Å². The van der Waals surface area contributed by atoms with Crippen molar-refractivity contribution in [2.45, 2.75) is 19.4 Å². The van der Waals surface area contributed by atoms with E-state index in [1.165, 1.54) is 0 Å². The Morgan fingerprint density at radius 2 is 2.14 bits per heavy atom. The average Bonchev–Trinajstić information content (AvgIpc) is 2.37. The molecule has 0 saturated carbocycles. The largest absolute Gasteiger partial charge is 0.399 e. The third-order valence-corrected chi connectivity index (χ3v) is 3.37. The minimum atomic E-state index is -0.101. The zero-order valence-corrected chi connectivity index (χ0v) is 14.6. The Hall–Kier alpha value is -1.01. The van der Waals surface area contributed by atoms with Gasteiger partial charge in [0.25, 0.3) is 5.91 Å². The van der Waals surface area contributed by atoms with Crippen LogP contribution in [0.15, 0.2) is 24.3 Å². The van der Waals surface area contributed by atoms with E-state index in [9.17, 15) is 4.79 Å². The third kappa shape index (κ3) is 6.40. The zero-order chi connectivity index (χ0) is 14.6. The van der Waals surface area contributed by atoms with Gasteiger partial charge in [-0.25, -0.2) is 0 Å². The van der Waals surface area contributed by atoms with Gasteiger partial charge in [-0.15, -0.1) is 24.8 Å². The number of rotatable bonds is 4. The van der Waals surface area contributed by atoms with Gasteiger partial charge in [0.1, 0.15) is 0 Å². The molecule has 2 rings (SSSR count). The molecule has 0 bridgehead atoms. The van der Waals surface area contributed by atoms with Crippen LogP contribution in [0.4, 0.5) is 5.69 Å². The summed E-state index contributed by atoms with van der Waals surface area (Å²) in [5.41, 5.74) is 6.78. The summed E-state index contributed by atoms with van der Waals surface area (Å²) in [7, 11) is 0. The van der Waals surface area contributed by atoms with Gasteiger partial charge in [0.2, 0.25) is 0 Å². The summed E-state index contributed by atoms with van der Waals surface area (Å²) in [5.74, 6) is -0.0789. The number of hydrogen-bond donors (Lipinski definition) is 2. The lowest BCUT2D eigenvalue weighted by Crippen LogP contribution is -2.50. The molecule has 1 aliphatic heterocycles. The van der Waals surface area contributed by atoms with Gasteiger partial charge < -0.3 is 15.8 Å². The first-order valence-electron chi connectivity index (χ1n) is 6.96. The molecular weight excluding hydrogens is 325 g/mol. The molecule has 126 valence electrons. The number of nitrogen functional groups attached to an aromatic ring is 1. The minimum Gasteiger partial charge on any atom is -0.399 e. The highest BCUT2D eigenvalue weighted by Gasteiger charge is 2.26. The van der Waals surface area contributed by atoms with Crippen molar-refractivity contribution in [2.75, 3.05) is 38.5 Å². The Kier molecular flexibility index (Phi) is 8.78. The number of halogens is 2. The van der Waals surface area contributed by atoms with Crippen LogP contribution in [-0.2, 0) is 4.74 Å². The topological polar surface area (TPSA) is 67.6 Å². The molecule has 1 fully saturated rings. The lowest BCUT2D eigenvalue weighted by Gasteiger charge is -2.38. The van der Waals surface area contributed by atoms with Crippen LogP contribution in [0.25, 0.3) is 0 Å². The number of ether oxygens (including phenoxy) is 1. The number of carbonyl (C=O) groups excluding carboxylic acids is 1. The normalized spacial score (nSPS) is 17.0. The van der Waals surface area contributed by atoms with Crippen molar-refractivity contribution in [3.63, 3.8) is 0 Å². The molecule has 22 heavy (non-hydrogen) atoms. The SMILES string of the molecule is CC1(C)CN(CCNC(=O)c2cccc(N)c2)CCO1.Cl.Cl. The molecule has 0 unspecified atom stereocenters. The summed E-state index contributed by atoms with van der Waals surface area (Å²) in [6.07, 6.45) is 0. The molecular formula is C15H25Cl2N3O2. The Bertz CT molecular complexity index is 484. The van der Waals surface area contributed by atoms with Gasteiger partial charge in [-0.1, -0.05) is 6.07 Å². The van der Waals surface area contributed by atoms with Crippen LogP contribution in [0, 0.1) is 0 Å². The predicted octanol–water partition coefficient (Wildman–Crippen LogP) is 1.95. The first-order chi connectivity index (χ1) is 9.46. The van der Waals surface area contributed by atoms with Crippen LogP contribution in [0.3, 0.4) is 0 Å². The van der Waals surface area contributed by atoms with Gasteiger partial charge in [0.05, 0.1) is 12.2 Å². The lowest BCUT2D eigenvalue weighted by molar-refractivity contribution is -0.0853. The zero-order valence-electron chi connectivity index (χ0n) is 13.0. The van der Waals surface area contributed by atoms with E-state index < -0.39 is 0 Å². The van der Waals surface area contributed by atoms with Crippen molar-refractivity contribution in [1.29, 1.82) is 0 Å². The fraction of sp³-hybridized carbons (Fsp3) is 0.533. The standard InChI is InChI=1S/C15H23N3O2.2ClH/c1-15(2)11-18(8-9-20-15)7-6-17-14(19)12-4-3-5-13(16)10-12;;/h3-5,10H,6-9,11,16H2,1-2H3,(H,17,19);2*1H. The maximum absolute atomic E-state index is 12.0. The Balaban J connectivity index is 0.00000220. The second-order valence-corrected chi connectivity index (χ2v) is 5.77. The van der Waals surface area contributed by atoms with E-state index in [-0.39, 0.29) is 36.3 Å². The van der Waals surface area contributed by atoms with E-state index in [4.69, 9.17) is 10.5 Å². The molecule has 0 spiro atoms. The van der Waals surface area contributed by atoms with Crippen molar-refractivity contribution in [3.05, 3.63) is 29.8 Å². The van der Waals surface area contributed by atoms with E-state index in [1.807, 2.05) is 0 Å². The van der Waals surface area contributed by atoms with Gasteiger partial charge >= 0.3 is 0 Å². The number of morpholine rings is 1. The number of hydrogen-bond acceptors (Lipinski definition) is 4. The maximum atomic E-state index is 12.0. The first-order valence-corrected chi connectivity index (χ1v) is 6.96. The molecule has 1 amide bonds. The fourth-order valence-electron chi connectivity index (χ4n) is 2.41. The lowest BCUT2D eigenvalue weighted by atomic mass is 10.1. The van der Waals surface area contributed by atoms with E-state index in [0.717, 1.165) is 26.2 Å². The summed E-state index contributed by atoms with van der Waals surface area (Å²) in [5, 5.41) is 2.92. The summed E-state index contributed by atoms with van der Waals surface area (Å²) in [6, 6.07) is 7.01. The van der Waals surface area contributed by atoms with Crippen molar-refractivity contribution in [3.8, 4) is 0 Å². The molecule has 1 aromatic carbocycles. The number of nitrogens with zero attached hydrogens (tertiary/aromatic N) is 1. The molecule has 1 aromatic rings. The highest BCUT2D eigenvalue weighted by Crippen LogP contribution is 2.15. The van der Waals surface area contributed by atoms with Gasteiger partial charge in [-0.3, -0.25) is 9.69 Å². The summed E-state index contributed by atoms with van der Waals surface area (Å²) in [6.45, 7) is 8.19.